The van der Waals surface area contributed by atoms with E-state index in [-0.39, 0.29) is 18.1 Å². The topological polar surface area (TPSA) is 72.8 Å². The highest BCUT2D eigenvalue weighted by atomic mass is 16.7. The van der Waals surface area contributed by atoms with Gasteiger partial charge in [0.15, 0.2) is 5.78 Å². The van der Waals surface area contributed by atoms with Crippen molar-refractivity contribution in [1.29, 1.82) is 0 Å². The summed E-state index contributed by atoms with van der Waals surface area (Å²) < 4.78 is 9.38. The highest BCUT2D eigenvalue weighted by molar-refractivity contribution is 5.94. The molecule has 0 saturated carbocycles. The van der Waals surface area contributed by atoms with Gasteiger partial charge in [-0.05, 0) is 0 Å². The quantitative estimate of drug-likeness (QED) is 0.630. The van der Waals surface area contributed by atoms with Crippen LogP contribution in [-0.4, -0.2) is 30.1 Å². The Balaban J connectivity index is 2.72. The number of carboxylic acid groups (broad SMARTS) is 1. The summed E-state index contributed by atoms with van der Waals surface area (Å²) in [6, 6.07) is 0. The number of ether oxygens (including phenoxy) is 2. The maximum Gasteiger partial charge on any atom is 0.345 e. The van der Waals surface area contributed by atoms with E-state index in [4.69, 9.17) is 9.84 Å². The molecule has 1 unspecified atom stereocenters. The van der Waals surface area contributed by atoms with Crippen molar-refractivity contribution in [2.24, 2.45) is 0 Å². The van der Waals surface area contributed by atoms with E-state index in [1.807, 2.05) is 0 Å². The van der Waals surface area contributed by atoms with Gasteiger partial charge in [0.2, 0.25) is 6.10 Å². The first kappa shape index (κ1) is 8.58. The highest BCUT2D eigenvalue weighted by Crippen LogP contribution is 2.14. The fourth-order valence-electron chi connectivity index (χ4n) is 0.834. The van der Waals surface area contributed by atoms with Gasteiger partial charge >= 0.3 is 5.97 Å². The number of carboxylic acids is 1. The van der Waals surface area contributed by atoms with Crippen molar-refractivity contribution >= 4 is 11.8 Å². The second kappa shape index (κ2) is 3.25. The number of carbonyl (C=O) groups excluding carboxylic acids is 1. The molecule has 5 heteroatoms. The van der Waals surface area contributed by atoms with Crippen molar-refractivity contribution in [2.45, 2.75) is 12.5 Å². The zero-order valence-electron chi connectivity index (χ0n) is 6.44. The molecule has 66 valence electrons. The third-order valence-corrected chi connectivity index (χ3v) is 1.40. The van der Waals surface area contributed by atoms with Gasteiger partial charge in [-0.15, -0.1) is 0 Å². The van der Waals surface area contributed by atoms with Crippen LogP contribution in [0.4, 0.5) is 0 Å². The van der Waals surface area contributed by atoms with Crippen molar-refractivity contribution in [3.05, 3.63) is 12.0 Å². The van der Waals surface area contributed by atoms with Gasteiger partial charge in [0, 0.05) is 0 Å². The molecule has 0 aromatic carbocycles. The zero-order valence-corrected chi connectivity index (χ0v) is 6.44. The largest absolute Gasteiger partial charge is 0.478 e. The minimum Gasteiger partial charge on any atom is -0.478 e. The summed E-state index contributed by atoms with van der Waals surface area (Å²) in [5.41, 5.74) is 0. The second-order valence-corrected chi connectivity index (χ2v) is 2.28. The summed E-state index contributed by atoms with van der Waals surface area (Å²) in [6.07, 6.45) is -0.112. The molecule has 0 amide bonds. The molecule has 12 heavy (non-hydrogen) atoms. The van der Waals surface area contributed by atoms with Crippen LogP contribution >= 0.6 is 0 Å². The van der Waals surface area contributed by atoms with E-state index in [2.05, 4.69) is 4.74 Å². The standard InChI is InChI=1S/C7H8O5/c1-11-6-3-4(8)2-5(12-6)7(9)10/h3,5H,2H2,1H3,(H,9,10). The molecular formula is C7H8O5. The lowest BCUT2D eigenvalue weighted by molar-refractivity contribution is -0.154. The first-order valence-electron chi connectivity index (χ1n) is 3.31. The van der Waals surface area contributed by atoms with E-state index >= 15 is 0 Å². The predicted molar refractivity (Wildman–Crippen MR) is 37.2 cm³/mol. The normalized spacial score (nSPS) is 22.6. The Morgan fingerprint density at radius 1 is 1.83 bits per heavy atom. The first-order valence-corrected chi connectivity index (χ1v) is 3.31. The van der Waals surface area contributed by atoms with E-state index in [0.717, 1.165) is 6.08 Å². The van der Waals surface area contributed by atoms with Gasteiger partial charge in [0.1, 0.15) is 0 Å². The molecule has 0 aliphatic carbocycles. The molecule has 0 bridgehead atoms. The van der Waals surface area contributed by atoms with Crippen LogP contribution in [0, 0.1) is 0 Å². The Hall–Kier alpha value is -1.52. The molecule has 0 aromatic heterocycles. The Bertz CT molecular complexity index is 242. The fraction of sp³-hybridized carbons (Fsp3) is 0.429. The maximum absolute atomic E-state index is 10.8. The minimum absolute atomic E-state index is 0.0429. The van der Waals surface area contributed by atoms with E-state index in [9.17, 15) is 9.59 Å². The smallest absolute Gasteiger partial charge is 0.345 e. The molecule has 1 rings (SSSR count). The number of methoxy groups -OCH3 is 1. The number of rotatable bonds is 2. The summed E-state index contributed by atoms with van der Waals surface area (Å²) >= 11 is 0. The average Bonchev–Trinajstić information content (AvgIpc) is 2.03. The van der Waals surface area contributed by atoms with Gasteiger partial charge in [0.25, 0.3) is 5.95 Å². The number of aliphatic carboxylic acids is 1. The molecule has 5 nitrogen and oxygen atoms in total. The molecule has 0 fully saturated rings. The van der Waals surface area contributed by atoms with Crippen molar-refractivity contribution in [3.63, 3.8) is 0 Å². The molecule has 1 heterocycles. The fourth-order valence-corrected chi connectivity index (χ4v) is 0.834. The maximum atomic E-state index is 10.8. The van der Waals surface area contributed by atoms with Crippen molar-refractivity contribution in [2.75, 3.05) is 7.11 Å². The summed E-state index contributed by atoms with van der Waals surface area (Å²) in [6.45, 7) is 0. The molecular weight excluding hydrogens is 164 g/mol. The van der Waals surface area contributed by atoms with Crippen LogP contribution in [0.5, 0.6) is 0 Å². The number of ketones is 1. The molecule has 0 spiro atoms. The molecule has 1 aliphatic rings. The van der Waals surface area contributed by atoms with Crippen LogP contribution in [0.25, 0.3) is 0 Å². The number of hydrogen-bond acceptors (Lipinski definition) is 4. The minimum atomic E-state index is -1.16. The van der Waals surface area contributed by atoms with Crippen LogP contribution in [0.15, 0.2) is 12.0 Å². The molecule has 1 atom stereocenters. The molecule has 0 aromatic rings. The lowest BCUT2D eigenvalue weighted by Gasteiger charge is -2.18. The Morgan fingerprint density at radius 2 is 2.50 bits per heavy atom. The SMILES string of the molecule is COC1=CC(=O)CC(C(=O)O)O1. The average molecular weight is 172 g/mol. The van der Waals surface area contributed by atoms with Gasteiger partial charge < -0.3 is 14.6 Å². The summed E-state index contributed by atoms with van der Waals surface area (Å²) in [5, 5.41) is 8.51. The summed E-state index contributed by atoms with van der Waals surface area (Å²) in [4.78, 5) is 21.2. The van der Waals surface area contributed by atoms with Crippen LogP contribution in [0.1, 0.15) is 6.42 Å². The zero-order chi connectivity index (χ0) is 9.14. The number of carbonyl (C=O) groups is 2. The van der Waals surface area contributed by atoms with Gasteiger partial charge in [-0.25, -0.2) is 4.79 Å². The molecule has 1 N–H and O–H groups in total. The highest BCUT2D eigenvalue weighted by Gasteiger charge is 2.28. The first-order chi connectivity index (χ1) is 5.63. The third kappa shape index (κ3) is 1.75. The summed E-state index contributed by atoms with van der Waals surface area (Å²) in [5.74, 6) is -1.50. The second-order valence-electron chi connectivity index (χ2n) is 2.28. The molecule has 0 radical (unpaired) electrons. The van der Waals surface area contributed by atoms with Crippen LogP contribution in [0.2, 0.25) is 0 Å². The summed E-state index contributed by atoms with van der Waals surface area (Å²) in [7, 11) is 1.31. The van der Waals surface area contributed by atoms with E-state index in [0.29, 0.717) is 0 Å². The van der Waals surface area contributed by atoms with E-state index in [1.165, 1.54) is 7.11 Å². The monoisotopic (exact) mass is 172 g/mol. The van der Waals surface area contributed by atoms with Crippen molar-refractivity contribution < 1.29 is 24.2 Å². The predicted octanol–water partition coefficient (Wildman–Crippen LogP) is -0.0832. The number of hydrogen-bond donors (Lipinski definition) is 1. The van der Waals surface area contributed by atoms with Gasteiger partial charge in [-0.2, -0.15) is 0 Å². The van der Waals surface area contributed by atoms with Crippen molar-refractivity contribution in [3.8, 4) is 0 Å². The molecule has 1 aliphatic heterocycles. The Labute approximate surface area is 68.6 Å². The van der Waals surface area contributed by atoms with Crippen LogP contribution in [0.3, 0.4) is 0 Å². The van der Waals surface area contributed by atoms with Gasteiger partial charge in [-0.1, -0.05) is 0 Å². The Morgan fingerprint density at radius 3 is 3.00 bits per heavy atom. The lowest BCUT2D eigenvalue weighted by atomic mass is 10.1. The third-order valence-electron chi connectivity index (χ3n) is 1.40. The lowest BCUT2D eigenvalue weighted by Crippen LogP contribution is -2.30. The van der Waals surface area contributed by atoms with Crippen molar-refractivity contribution in [1.82, 2.24) is 0 Å². The molecule has 0 saturated heterocycles. The van der Waals surface area contributed by atoms with Gasteiger partial charge in [0.05, 0.1) is 19.6 Å². The van der Waals surface area contributed by atoms with Gasteiger partial charge in [-0.3, -0.25) is 4.79 Å². The number of allylic oxidation sites excluding steroid dienone is 1. The Kier molecular flexibility index (Phi) is 2.32. The van der Waals surface area contributed by atoms with E-state index in [1.54, 1.807) is 0 Å². The van der Waals surface area contributed by atoms with Crippen LogP contribution in [-0.2, 0) is 19.1 Å². The van der Waals surface area contributed by atoms with E-state index < -0.39 is 12.1 Å². The van der Waals surface area contributed by atoms with Crippen LogP contribution < -0.4 is 0 Å².